The topological polar surface area (TPSA) is 353 Å². The summed E-state index contributed by atoms with van der Waals surface area (Å²) < 4.78 is 15.7. The van der Waals surface area contributed by atoms with Gasteiger partial charge >= 0.3 is 12.1 Å². The van der Waals surface area contributed by atoms with Crippen LogP contribution in [0.2, 0.25) is 0 Å². The molecule has 7 aromatic heterocycles. The molecular formula is C51H48N14O11S6. The molecule has 0 aliphatic carbocycles. The van der Waals surface area contributed by atoms with Crippen LogP contribution in [0.25, 0.3) is 43.4 Å². The van der Waals surface area contributed by atoms with Gasteiger partial charge < -0.3 is 46.5 Å². The van der Waals surface area contributed by atoms with Gasteiger partial charge in [-0.25, -0.2) is 39.7 Å². The number of hydrogen-bond donors (Lipinski definition) is 7. The molecule has 9 rings (SSSR count). The third kappa shape index (κ3) is 14.0. The Balaban J connectivity index is 1.11. The maximum Gasteiger partial charge on any atom is 0.405 e. The fourth-order valence-corrected chi connectivity index (χ4v) is 13.2. The molecule has 7 amide bonds. The quantitative estimate of drug-likeness (QED) is 0.0417. The van der Waals surface area contributed by atoms with Crippen molar-refractivity contribution in [2.45, 2.75) is 63.8 Å². The third-order valence-electron chi connectivity index (χ3n) is 12.0. The molecule has 1 aliphatic rings. The van der Waals surface area contributed by atoms with Gasteiger partial charge in [0.05, 0.1) is 43.3 Å². The van der Waals surface area contributed by atoms with Crippen LogP contribution >= 0.6 is 68.0 Å². The van der Waals surface area contributed by atoms with Gasteiger partial charge in [-0.2, -0.15) is 0 Å². The van der Waals surface area contributed by atoms with Crippen LogP contribution < -0.4 is 37.6 Å². The van der Waals surface area contributed by atoms with Gasteiger partial charge in [-0.1, -0.05) is 41.7 Å². The Hall–Kier alpha value is -8.33. The van der Waals surface area contributed by atoms with Crippen LogP contribution in [0.15, 0.2) is 64.0 Å². The maximum atomic E-state index is 14.2. The second-order valence-electron chi connectivity index (χ2n) is 17.6. The van der Waals surface area contributed by atoms with E-state index in [4.69, 9.17) is 35.1 Å². The molecule has 10 bridgehead atoms. The number of carbonyl (C=O) groups excluding carboxylic acids is 8. The van der Waals surface area contributed by atoms with Crippen molar-refractivity contribution in [3.8, 4) is 43.4 Å². The monoisotopic (exact) mass is 1220 g/mol. The minimum absolute atomic E-state index is 0.00199. The zero-order valence-electron chi connectivity index (χ0n) is 43.7. The Morgan fingerprint density at radius 1 is 0.707 bits per heavy atom. The number of methoxy groups -OCH3 is 2. The highest BCUT2D eigenvalue weighted by molar-refractivity contribution is 7.16. The van der Waals surface area contributed by atoms with E-state index in [9.17, 15) is 38.4 Å². The van der Waals surface area contributed by atoms with E-state index in [0.717, 1.165) is 45.3 Å². The van der Waals surface area contributed by atoms with E-state index < -0.39 is 60.4 Å². The standard InChI is InChI=1S/C51H48N14O11S6/c1-23-37-44(72)65-51-64-39(31(82-51)18-74-3)43(71)54-17-35(68)62-40(41(76-50(52)73)24-10-6-5-7-11-24)49-59-30(21-79-49)47-57-28(19-78-47)38-25(45-58-29(20-77-45)42(70)56-27(16-34(67)53-2)48(63-37)81-23)14-15-26(55-38)46-61-32(22-80-46)60-33(66)12-8-9-13-36(69)75-4/h5-7,10-11,14-15,19-22,27,40-41H,8-9,12-13,16-18H2,1-4H3,(H2,52,73)(H,53,67)(H,54,71)(H,56,70)(H,60,66)(H,62,68)(H,64,65,72)/t27-,40-,41-/m0/s1. The molecule has 424 valence electrons. The van der Waals surface area contributed by atoms with Gasteiger partial charge in [0.15, 0.2) is 11.2 Å². The summed E-state index contributed by atoms with van der Waals surface area (Å²) in [5.74, 6) is -3.58. The number of amides is 7. The molecule has 1 aromatic carbocycles. The second kappa shape index (κ2) is 26.5. The number of nitrogens with zero attached hydrogens (tertiary/aromatic N) is 7. The molecule has 0 spiro atoms. The predicted octanol–water partition coefficient (Wildman–Crippen LogP) is 7.21. The van der Waals surface area contributed by atoms with E-state index >= 15 is 0 Å². The van der Waals surface area contributed by atoms with Gasteiger partial charge in [-0.05, 0) is 37.5 Å². The number of unbranched alkanes of at least 4 members (excludes halogenated alkanes) is 1. The minimum Gasteiger partial charge on any atom is -0.469 e. The number of anilines is 2. The van der Waals surface area contributed by atoms with Gasteiger partial charge in [-0.15, -0.1) is 56.7 Å². The van der Waals surface area contributed by atoms with E-state index in [1.54, 1.807) is 70.9 Å². The minimum atomic E-state index is -1.21. The lowest BCUT2D eigenvalue weighted by molar-refractivity contribution is -0.140. The number of primary amides is 1. The summed E-state index contributed by atoms with van der Waals surface area (Å²) in [7, 11) is 4.17. The van der Waals surface area contributed by atoms with E-state index in [1.807, 2.05) is 0 Å². The molecule has 0 radical (unpaired) electrons. The highest BCUT2D eigenvalue weighted by Crippen LogP contribution is 2.40. The highest BCUT2D eigenvalue weighted by atomic mass is 32.1. The molecule has 0 fully saturated rings. The second-order valence-corrected chi connectivity index (χ2v) is 23.4. The first-order chi connectivity index (χ1) is 39.6. The molecule has 82 heavy (non-hydrogen) atoms. The number of hydrogen-bond acceptors (Lipinski definition) is 24. The smallest absolute Gasteiger partial charge is 0.405 e. The van der Waals surface area contributed by atoms with Crippen LogP contribution in [0.4, 0.5) is 15.7 Å². The number of esters is 1. The number of carbonyl (C=O) groups is 8. The van der Waals surface area contributed by atoms with E-state index in [-0.39, 0.29) is 70.0 Å². The first-order valence-electron chi connectivity index (χ1n) is 24.7. The molecule has 31 heteroatoms. The van der Waals surface area contributed by atoms with Crippen molar-refractivity contribution in [1.29, 1.82) is 0 Å². The number of fused-ring (bicyclic) bond motifs is 14. The van der Waals surface area contributed by atoms with Gasteiger partial charge in [0.2, 0.25) is 17.7 Å². The van der Waals surface area contributed by atoms with E-state index in [0.29, 0.717) is 77.3 Å². The summed E-state index contributed by atoms with van der Waals surface area (Å²) in [6.45, 7) is 0.983. The lowest BCUT2D eigenvalue weighted by Gasteiger charge is -2.26. The lowest BCUT2D eigenvalue weighted by Crippen LogP contribution is -2.41. The normalized spacial score (nSPS) is 15.1. The molecule has 0 saturated heterocycles. The van der Waals surface area contributed by atoms with Crippen molar-refractivity contribution >= 4 is 126 Å². The van der Waals surface area contributed by atoms with Crippen LogP contribution in [0.5, 0.6) is 0 Å². The predicted molar refractivity (Wildman–Crippen MR) is 307 cm³/mol. The van der Waals surface area contributed by atoms with Crippen molar-refractivity contribution in [2.24, 2.45) is 5.73 Å². The number of rotatable bonds is 14. The van der Waals surface area contributed by atoms with Gasteiger partial charge in [0.25, 0.3) is 17.7 Å². The molecule has 8 aromatic rings. The van der Waals surface area contributed by atoms with Crippen LogP contribution in [-0.4, -0.2) is 110 Å². The largest absolute Gasteiger partial charge is 0.469 e. The Kier molecular flexibility index (Phi) is 18.9. The Morgan fingerprint density at radius 3 is 2.21 bits per heavy atom. The lowest BCUT2D eigenvalue weighted by atomic mass is 10.0. The Morgan fingerprint density at radius 2 is 1.44 bits per heavy atom. The van der Waals surface area contributed by atoms with Gasteiger partial charge in [0.1, 0.15) is 71.1 Å². The van der Waals surface area contributed by atoms with Crippen LogP contribution in [0.1, 0.15) is 107 Å². The molecule has 0 unspecified atom stereocenters. The Bertz CT molecular complexity index is 3700. The van der Waals surface area contributed by atoms with Crippen LogP contribution in [-0.2, 0) is 40.0 Å². The van der Waals surface area contributed by atoms with E-state index in [2.05, 4.69) is 51.6 Å². The third-order valence-corrected chi connectivity index (χ3v) is 17.5. The number of nitrogens with one attached hydrogen (secondary N) is 6. The Labute approximate surface area is 490 Å². The fraction of sp³-hybridized carbons (Fsp3) is 0.275. The number of aromatic nitrogens is 7. The highest BCUT2D eigenvalue weighted by Gasteiger charge is 2.34. The summed E-state index contributed by atoms with van der Waals surface area (Å²) in [4.78, 5) is 140. The summed E-state index contributed by atoms with van der Waals surface area (Å²) >= 11 is 6.81. The molecule has 8 N–H and O–H groups in total. The molecule has 25 nitrogen and oxygen atoms in total. The van der Waals surface area contributed by atoms with E-state index in [1.165, 1.54) is 43.9 Å². The van der Waals surface area contributed by atoms with Crippen LogP contribution in [0, 0.1) is 6.92 Å². The maximum absolute atomic E-state index is 14.2. The van der Waals surface area contributed by atoms with Crippen molar-refractivity contribution in [3.63, 3.8) is 0 Å². The average molecular weight is 1230 g/mol. The number of nitrogens with two attached hydrogens (primary N) is 1. The average Bonchev–Trinajstić information content (AvgIpc) is 4.35. The number of ether oxygens (including phenoxy) is 3. The molecule has 0 saturated carbocycles. The van der Waals surface area contributed by atoms with Gasteiger partial charge in [0, 0.05) is 59.0 Å². The fourth-order valence-electron chi connectivity index (χ4n) is 8.08. The van der Waals surface area contributed by atoms with Crippen LogP contribution in [0.3, 0.4) is 0 Å². The number of benzene rings is 1. The molecule has 8 heterocycles. The molecular weight excluding hydrogens is 1180 g/mol. The summed E-state index contributed by atoms with van der Waals surface area (Å²) in [6.07, 6.45) is -1.27. The number of pyridine rings is 1. The van der Waals surface area contributed by atoms with Crippen molar-refractivity contribution in [3.05, 3.63) is 106 Å². The number of aryl methyl sites for hydroxylation is 1. The summed E-state index contributed by atoms with van der Waals surface area (Å²) in [6, 6.07) is 9.89. The van der Waals surface area contributed by atoms with Gasteiger partial charge in [-0.3, -0.25) is 38.9 Å². The first-order valence-corrected chi connectivity index (χ1v) is 29.8. The molecule has 1 aliphatic heterocycles. The zero-order chi connectivity index (χ0) is 58.0. The summed E-state index contributed by atoms with van der Waals surface area (Å²) in [5.41, 5.74) is 7.93. The SMILES string of the molecule is CNC(=O)C[C@@H]1NC(=O)c2csc(n2)-c2ccc(-c3nc(NC(=O)CCCCC(=O)OC)cs3)nc2-c2csc(n2)-c2csc(n2)[C@H]([C@@H](OC(N)=O)c2ccccc2)NC(=O)CNC(=O)c2nc(sc2COC)NC(=O)c2nc1sc2C. The van der Waals surface area contributed by atoms with Crippen molar-refractivity contribution in [1.82, 2.24) is 56.2 Å². The van der Waals surface area contributed by atoms with Crippen molar-refractivity contribution < 1.29 is 52.6 Å². The zero-order valence-corrected chi connectivity index (χ0v) is 48.6. The number of thiazole rings is 6. The summed E-state index contributed by atoms with van der Waals surface area (Å²) in [5, 5.41) is 24.9. The molecule has 3 atom stereocenters. The van der Waals surface area contributed by atoms with Crippen molar-refractivity contribution in [2.75, 3.05) is 38.4 Å². The first kappa shape index (κ1) is 58.3.